The minimum Gasteiger partial charge on any atom is -0.354 e. The first-order valence-corrected chi connectivity index (χ1v) is 8.56. The number of likely N-dealkylation sites (tertiary alicyclic amines) is 1. The van der Waals surface area contributed by atoms with E-state index in [0.29, 0.717) is 45.0 Å². The highest BCUT2D eigenvalue weighted by atomic mass is 19.3. The van der Waals surface area contributed by atoms with Crippen molar-refractivity contribution in [3.8, 4) is 0 Å². The Balaban J connectivity index is 1.53. The summed E-state index contributed by atoms with van der Waals surface area (Å²) in [6.45, 7) is 2.28. The van der Waals surface area contributed by atoms with E-state index in [0.717, 1.165) is 5.82 Å². The molecule has 1 atom stereocenters. The van der Waals surface area contributed by atoms with Crippen molar-refractivity contribution in [2.75, 3.05) is 31.1 Å². The van der Waals surface area contributed by atoms with E-state index in [1.807, 2.05) is 22.7 Å². The standard InChI is InChI=1S/C17H22F2N6/c1-23-9-6-22-15(23)11-24-7-3-17(18,19)16(12-24)2-8-25(13-16)14-10-20-4-5-21-14/h4-6,9-10H,2-3,7-8,11-13H2,1H3. The Morgan fingerprint density at radius 3 is 2.68 bits per heavy atom. The largest absolute Gasteiger partial charge is 0.354 e. The Bertz CT molecular complexity index is 734. The fraction of sp³-hybridized carbons (Fsp3) is 0.588. The van der Waals surface area contributed by atoms with Gasteiger partial charge in [-0.05, 0) is 6.42 Å². The molecule has 0 bridgehead atoms. The minimum atomic E-state index is -2.66. The molecular weight excluding hydrogens is 326 g/mol. The molecule has 0 saturated carbocycles. The molecule has 0 N–H and O–H groups in total. The predicted octanol–water partition coefficient (Wildman–Crippen LogP) is 1.95. The fourth-order valence-corrected chi connectivity index (χ4v) is 4.02. The Labute approximate surface area is 145 Å². The van der Waals surface area contributed by atoms with Crippen molar-refractivity contribution in [2.24, 2.45) is 12.5 Å². The highest BCUT2D eigenvalue weighted by Crippen LogP contribution is 2.50. The molecule has 0 amide bonds. The molecule has 134 valence electrons. The zero-order chi connectivity index (χ0) is 17.5. The Morgan fingerprint density at radius 1 is 1.08 bits per heavy atom. The number of nitrogens with zero attached hydrogens (tertiary/aromatic N) is 6. The molecule has 4 rings (SSSR count). The number of imidazole rings is 1. The lowest BCUT2D eigenvalue weighted by Crippen LogP contribution is -2.56. The number of alkyl halides is 2. The molecule has 2 fully saturated rings. The van der Waals surface area contributed by atoms with Crippen LogP contribution in [0.2, 0.25) is 0 Å². The molecule has 0 radical (unpaired) electrons. The molecular formula is C17H22F2N6. The number of halogens is 2. The van der Waals surface area contributed by atoms with Crippen molar-refractivity contribution in [2.45, 2.75) is 25.3 Å². The number of rotatable bonds is 3. The molecule has 25 heavy (non-hydrogen) atoms. The molecule has 4 heterocycles. The molecule has 8 heteroatoms. The molecule has 2 aliphatic heterocycles. The highest BCUT2D eigenvalue weighted by Gasteiger charge is 2.59. The van der Waals surface area contributed by atoms with Gasteiger partial charge >= 0.3 is 0 Å². The third-order valence-electron chi connectivity index (χ3n) is 5.56. The van der Waals surface area contributed by atoms with Gasteiger partial charge in [0, 0.05) is 64.4 Å². The minimum absolute atomic E-state index is 0.105. The van der Waals surface area contributed by atoms with Crippen LogP contribution in [0.4, 0.5) is 14.6 Å². The van der Waals surface area contributed by atoms with Crippen LogP contribution in [0.1, 0.15) is 18.7 Å². The van der Waals surface area contributed by atoms with Crippen LogP contribution in [-0.4, -0.2) is 56.5 Å². The van der Waals surface area contributed by atoms with Gasteiger partial charge in [0.05, 0.1) is 18.2 Å². The summed E-state index contributed by atoms with van der Waals surface area (Å²) >= 11 is 0. The number of hydrogen-bond donors (Lipinski definition) is 0. The van der Waals surface area contributed by atoms with Gasteiger partial charge in [0.25, 0.3) is 5.92 Å². The monoisotopic (exact) mass is 348 g/mol. The van der Waals surface area contributed by atoms with E-state index < -0.39 is 11.3 Å². The van der Waals surface area contributed by atoms with Gasteiger partial charge in [-0.15, -0.1) is 0 Å². The van der Waals surface area contributed by atoms with Gasteiger partial charge in [0.2, 0.25) is 0 Å². The third-order valence-corrected chi connectivity index (χ3v) is 5.56. The van der Waals surface area contributed by atoms with Gasteiger partial charge < -0.3 is 9.47 Å². The lowest BCUT2D eigenvalue weighted by Gasteiger charge is -2.45. The maximum Gasteiger partial charge on any atom is 0.257 e. The maximum absolute atomic E-state index is 14.9. The molecule has 1 spiro atoms. The summed E-state index contributed by atoms with van der Waals surface area (Å²) in [7, 11) is 1.93. The number of aryl methyl sites for hydroxylation is 1. The van der Waals surface area contributed by atoms with Crippen LogP contribution in [0, 0.1) is 5.41 Å². The first-order chi connectivity index (χ1) is 12.0. The number of piperidine rings is 1. The summed E-state index contributed by atoms with van der Waals surface area (Å²) in [6, 6.07) is 0. The molecule has 2 aromatic heterocycles. The van der Waals surface area contributed by atoms with Crippen molar-refractivity contribution in [3.05, 3.63) is 36.8 Å². The quantitative estimate of drug-likeness (QED) is 0.849. The smallest absolute Gasteiger partial charge is 0.257 e. The molecule has 2 saturated heterocycles. The SMILES string of the molecule is Cn1ccnc1CN1CCC(F)(F)C2(CCN(c3cnccn3)C2)C1. The Hall–Kier alpha value is -2.09. The molecule has 0 aliphatic carbocycles. The van der Waals surface area contributed by atoms with E-state index >= 15 is 0 Å². The second-order valence-electron chi connectivity index (χ2n) is 7.13. The van der Waals surface area contributed by atoms with Gasteiger partial charge in [-0.25, -0.2) is 18.7 Å². The summed E-state index contributed by atoms with van der Waals surface area (Å²) in [5, 5.41) is 0. The molecule has 6 nitrogen and oxygen atoms in total. The van der Waals surface area contributed by atoms with E-state index in [9.17, 15) is 8.78 Å². The number of anilines is 1. The summed E-state index contributed by atoms with van der Waals surface area (Å²) in [5.41, 5.74) is -1.03. The Morgan fingerprint density at radius 2 is 1.96 bits per heavy atom. The third kappa shape index (κ3) is 2.88. The van der Waals surface area contributed by atoms with Crippen LogP contribution in [0.25, 0.3) is 0 Å². The van der Waals surface area contributed by atoms with E-state index in [4.69, 9.17) is 0 Å². The predicted molar refractivity (Wildman–Crippen MR) is 89.3 cm³/mol. The van der Waals surface area contributed by atoms with Crippen molar-refractivity contribution < 1.29 is 8.78 Å². The lowest BCUT2D eigenvalue weighted by atomic mass is 9.75. The van der Waals surface area contributed by atoms with E-state index in [-0.39, 0.29) is 6.42 Å². The van der Waals surface area contributed by atoms with Gasteiger partial charge in [0.1, 0.15) is 11.6 Å². The first kappa shape index (κ1) is 16.4. The van der Waals surface area contributed by atoms with Crippen LogP contribution in [-0.2, 0) is 13.6 Å². The van der Waals surface area contributed by atoms with Gasteiger partial charge in [-0.3, -0.25) is 9.88 Å². The number of hydrogen-bond acceptors (Lipinski definition) is 5. The van der Waals surface area contributed by atoms with Gasteiger partial charge in [-0.1, -0.05) is 0 Å². The van der Waals surface area contributed by atoms with E-state index in [2.05, 4.69) is 19.9 Å². The zero-order valence-electron chi connectivity index (χ0n) is 14.3. The second-order valence-corrected chi connectivity index (χ2v) is 7.13. The summed E-state index contributed by atoms with van der Waals surface area (Å²) in [4.78, 5) is 16.7. The zero-order valence-corrected chi connectivity index (χ0v) is 14.3. The van der Waals surface area contributed by atoms with Gasteiger partial charge in [-0.2, -0.15) is 0 Å². The maximum atomic E-state index is 14.9. The molecule has 2 aromatic rings. The van der Waals surface area contributed by atoms with Crippen molar-refractivity contribution in [1.82, 2.24) is 24.4 Å². The Kier molecular flexibility index (Phi) is 3.94. The normalized spacial score (nSPS) is 26.4. The molecule has 1 unspecified atom stereocenters. The van der Waals surface area contributed by atoms with Crippen LogP contribution in [0.3, 0.4) is 0 Å². The van der Waals surface area contributed by atoms with Gasteiger partial charge in [0.15, 0.2) is 0 Å². The highest BCUT2D eigenvalue weighted by molar-refractivity contribution is 5.38. The lowest BCUT2D eigenvalue weighted by molar-refractivity contribution is -0.159. The molecule has 2 aliphatic rings. The summed E-state index contributed by atoms with van der Waals surface area (Å²) in [6.07, 6.45) is 8.83. The summed E-state index contributed by atoms with van der Waals surface area (Å²) in [5.74, 6) is -1.08. The van der Waals surface area contributed by atoms with Crippen molar-refractivity contribution >= 4 is 5.82 Å². The van der Waals surface area contributed by atoms with Crippen LogP contribution in [0.15, 0.2) is 31.0 Å². The topological polar surface area (TPSA) is 50.1 Å². The number of aromatic nitrogens is 4. The van der Waals surface area contributed by atoms with Crippen LogP contribution in [0.5, 0.6) is 0 Å². The summed E-state index contributed by atoms with van der Waals surface area (Å²) < 4.78 is 31.7. The fourth-order valence-electron chi connectivity index (χ4n) is 4.02. The van der Waals surface area contributed by atoms with E-state index in [1.165, 1.54) is 0 Å². The first-order valence-electron chi connectivity index (χ1n) is 8.56. The van der Waals surface area contributed by atoms with Crippen LogP contribution < -0.4 is 4.90 Å². The average Bonchev–Trinajstić information content (AvgIpc) is 3.21. The second kappa shape index (κ2) is 6.01. The average molecular weight is 348 g/mol. The van der Waals surface area contributed by atoms with Crippen LogP contribution >= 0.6 is 0 Å². The van der Waals surface area contributed by atoms with Crippen molar-refractivity contribution in [1.29, 1.82) is 0 Å². The van der Waals surface area contributed by atoms with E-state index in [1.54, 1.807) is 24.8 Å². The molecule has 0 aromatic carbocycles. The van der Waals surface area contributed by atoms with Crippen molar-refractivity contribution in [3.63, 3.8) is 0 Å².